The molecule has 0 saturated heterocycles. The number of benzene rings is 2. The van der Waals surface area contributed by atoms with E-state index in [1.165, 1.54) is 37.4 Å². The summed E-state index contributed by atoms with van der Waals surface area (Å²) in [5.74, 6) is -4.18. The Morgan fingerprint density at radius 2 is 1.44 bits per heavy atom. The fraction of sp³-hybridized carbons (Fsp3) is 0.240. The maximum Gasteiger partial charge on any atom is 0.332 e. The fourth-order valence-corrected chi connectivity index (χ4v) is 4.63. The Kier molecular flexibility index (Phi) is 5.56. The van der Waals surface area contributed by atoms with Gasteiger partial charge in [-0.1, -0.05) is 30.3 Å². The normalized spacial score (nSPS) is 17.7. The number of carbonyl (C=O) groups excluding carboxylic acids is 5. The van der Waals surface area contributed by atoms with Crippen LogP contribution >= 0.6 is 0 Å². The van der Waals surface area contributed by atoms with E-state index >= 15 is 0 Å². The van der Waals surface area contributed by atoms with Crippen LogP contribution in [0.25, 0.3) is 0 Å². The van der Waals surface area contributed by atoms with Gasteiger partial charge in [-0.25, -0.2) is 0 Å². The third kappa shape index (κ3) is 2.97. The van der Waals surface area contributed by atoms with Crippen molar-refractivity contribution in [1.29, 1.82) is 0 Å². The maximum atomic E-state index is 13.9. The first-order chi connectivity index (χ1) is 16.2. The molecule has 9 nitrogen and oxygen atoms in total. The number of ether oxygens (including phenoxy) is 4. The van der Waals surface area contributed by atoms with Crippen LogP contribution in [0.3, 0.4) is 0 Å². The molecule has 0 fully saturated rings. The first-order valence-corrected chi connectivity index (χ1v) is 10.2. The molecule has 1 unspecified atom stereocenters. The predicted molar refractivity (Wildman–Crippen MR) is 115 cm³/mol. The van der Waals surface area contributed by atoms with E-state index in [0.29, 0.717) is 0 Å². The van der Waals surface area contributed by atoms with Crippen molar-refractivity contribution >= 4 is 29.5 Å². The molecular formula is C25H20O9. The Hall–Kier alpha value is -4.27. The lowest BCUT2D eigenvalue weighted by atomic mass is 9.60. The van der Waals surface area contributed by atoms with Gasteiger partial charge < -0.3 is 18.9 Å². The minimum atomic E-state index is -2.46. The van der Waals surface area contributed by atoms with Crippen molar-refractivity contribution in [3.8, 4) is 5.75 Å². The molecule has 0 amide bonds. The van der Waals surface area contributed by atoms with E-state index in [-0.39, 0.29) is 33.6 Å². The second-order valence-electron chi connectivity index (χ2n) is 7.67. The Morgan fingerprint density at radius 1 is 0.853 bits per heavy atom. The van der Waals surface area contributed by atoms with E-state index in [2.05, 4.69) is 0 Å². The first kappa shape index (κ1) is 22.9. The molecule has 0 bridgehead atoms. The second-order valence-corrected chi connectivity index (χ2v) is 7.67. The Labute approximate surface area is 194 Å². The average Bonchev–Trinajstić information content (AvgIpc) is 2.85. The van der Waals surface area contributed by atoms with E-state index in [1.807, 2.05) is 0 Å². The van der Waals surface area contributed by atoms with Crippen LogP contribution < -0.4 is 4.74 Å². The summed E-state index contributed by atoms with van der Waals surface area (Å²) in [7, 11) is 3.48. The van der Waals surface area contributed by atoms with Gasteiger partial charge in [-0.3, -0.25) is 24.0 Å². The lowest BCUT2D eigenvalue weighted by Gasteiger charge is -2.41. The van der Waals surface area contributed by atoms with Gasteiger partial charge >= 0.3 is 17.9 Å². The van der Waals surface area contributed by atoms with Crippen LogP contribution in [0.4, 0.5) is 0 Å². The van der Waals surface area contributed by atoms with Gasteiger partial charge in [-0.15, -0.1) is 0 Å². The Balaban J connectivity index is 2.22. The van der Waals surface area contributed by atoms with Crippen molar-refractivity contribution in [3.05, 3.63) is 75.9 Å². The molecule has 9 heteroatoms. The van der Waals surface area contributed by atoms with Gasteiger partial charge in [0.1, 0.15) is 5.75 Å². The van der Waals surface area contributed by atoms with Gasteiger partial charge in [0.2, 0.25) is 5.41 Å². The molecule has 0 saturated carbocycles. The highest BCUT2D eigenvalue weighted by molar-refractivity contribution is 6.33. The molecule has 1 atom stereocenters. The highest BCUT2D eigenvalue weighted by atomic mass is 16.6. The molecule has 0 aromatic heterocycles. The van der Waals surface area contributed by atoms with Gasteiger partial charge in [0.05, 0.1) is 26.9 Å². The Bertz CT molecular complexity index is 1290. The number of esters is 3. The van der Waals surface area contributed by atoms with Crippen LogP contribution in [0, 0.1) is 0 Å². The van der Waals surface area contributed by atoms with Crippen LogP contribution in [0.2, 0.25) is 0 Å². The second kappa shape index (κ2) is 8.26. The van der Waals surface area contributed by atoms with Crippen LogP contribution in [0.15, 0.2) is 53.6 Å². The number of hydrogen-bond acceptors (Lipinski definition) is 9. The quantitative estimate of drug-likeness (QED) is 0.381. The number of methoxy groups -OCH3 is 3. The molecule has 0 radical (unpaired) electrons. The molecule has 0 N–H and O–H groups in total. The standard InChI is InChI=1S/C25H20O9/c1-12(26)34-22-16-10-9-13(31-2)11-17(16)25(23(29)32-3,24(30)33-4)19-18(22)20(27)14-7-5-6-8-15(14)21(19)28/h5-11,22H,1-4H3. The molecule has 34 heavy (non-hydrogen) atoms. The number of hydrogen-bond donors (Lipinski definition) is 0. The third-order valence-electron chi connectivity index (χ3n) is 6.01. The minimum absolute atomic E-state index is 0.00338. The summed E-state index contributed by atoms with van der Waals surface area (Å²) in [6, 6.07) is 10.3. The zero-order valence-electron chi connectivity index (χ0n) is 18.8. The molecule has 2 aromatic carbocycles. The van der Waals surface area contributed by atoms with Crippen molar-refractivity contribution in [3.63, 3.8) is 0 Å². The number of fused-ring (bicyclic) bond motifs is 2. The van der Waals surface area contributed by atoms with Crippen molar-refractivity contribution in [2.75, 3.05) is 21.3 Å². The van der Waals surface area contributed by atoms with Crippen LogP contribution in [-0.4, -0.2) is 50.8 Å². The van der Waals surface area contributed by atoms with E-state index in [4.69, 9.17) is 18.9 Å². The lowest BCUT2D eigenvalue weighted by molar-refractivity contribution is -0.159. The van der Waals surface area contributed by atoms with Gasteiger partial charge in [0.25, 0.3) is 0 Å². The van der Waals surface area contributed by atoms with Gasteiger partial charge in [-0.05, 0) is 17.7 Å². The van der Waals surface area contributed by atoms with Crippen molar-refractivity contribution in [2.24, 2.45) is 0 Å². The third-order valence-corrected chi connectivity index (χ3v) is 6.01. The van der Waals surface area contributed by atoms with Gasteiger partial charge in [0, 0.05) is 29.2 Å². The highest BCUT2D eigenvalue weighted by Gasteiger charge is 2.63. The van der Waals surface area contributed by atoms with Crippen LogP contribution in [-0.2, 0) is 34.0 Å². The molecule has 0 spiro atoms. The largest absolute Gasteiger partial charge is 0.497 e. The summed E-state index contributed by atoms with van der Waals surface area (Å²) in [6.07, 6.45) is -1.36. The predicted octanol–water partition coefficient (Wildman–Crippen LogP) is 2.27. The van der Waals surface area contributed by atoms with E-state index in [9.17, 15) is 24.0 Å². The summed E-state index contributed by atoms with van der Waals surface area (Å²) >= 11 is 0. The van der Waals surface area contributed by atoms with Gasteiger partial charge in [0.15, 0.2) is 17.7 Å². The van der Waals surface area contributed by atoms with Crippen molar-refractivity contribution in [2.45, 2.75) is 18.4 Å². The minimum Gasteiger partial charge on any atom is -0.497 e. The first-order valence-electron chi connectivity index (χ1n) is 10.2. The molecular weight excluding hydrogens is 444 g/mol. The SMILES string of the molecule is COC(=O)C1(C(=O)OC)C2=C(C(=O)c3ccccc3C2=O)C(OC(C)=O)c2ccc(OC)cc21. The monoisotopic (exact) mass is 464 g/mol. The number of ketones is 2. The summed E-state index contributed by atoms with van der Waals surface area (Å²) in [5, 5.41) is 0. The van der Waals surface area contributed by atoms with Crippen LogP contribution in [0.5, 0.6) is 5.75 Å². The van der Waals surface area contributed by atoms with Gasteiger partial charge in [-0.2, -0.15) is 0 Å². The summed E-state index contributed by atoms with van der Waals surface area (Å²) in [6.45, 7) is 1.15. The van der Waals surface area contributed by atoms with Crippen molar-refractivity contribution < 1.29 is 42.9 Å². The average molecular weight is 464 g/mol. The van der Waals surface area contributed by atoms with Crippen LogP contribution in [0.1, 0.15) is 44.9 Å². The zero-order chi connectivity index (χ0) is 24.8. The number of carbonyl (C=O) groups is 5. The molecule has 4 rings (SSSR count). The lowest BCUT2D eigenvalue weighted by Crippen LogP contribution is -2.54. The number of rotatable bonds is 4. The molecule has 0 heterocycles. The zero-order valence-corrected chi connectivity index (χ0v) is 18.8. The fourth-order valence-electron chi connectivity index (χ4n) is 4.63. The Morgan fingerprint density at radius 3 is 1.97 bits per heavy atom. The molecule has 0 aliphatic heterocycles. The molecule has 2 aliphatic rings. The summed E-state index contributed by atoms with van der Waals surface area (Å²) < 4.78 is 20.8. The topological polar surface area (TPSA) is 122 Å². The summed E-state index contributed by atoms with van der Waals surface area (Å²) in [4.78, 5) is 66.5. The van der Waals surface area contributed by atoms with Crippen molar-refractivity contribution in [1.82, 2.24) is 0 Å². The highest BCUT2D eigenvalue weighted by Crippen LogP contribution is 2.53. The molecule has 174 valence electrons. The number of Topliss-reactive ketones (excluding diaryl/α,β-unsaturated/α-hetero) is 2. The smallest absolute Gasteiger partial charge is 0.332 e. The molecule has 2 aliphatic carbocycles. The van der Waals surface area contributed by atoms with E-state index in [0.717, 1.165) is 21.1 Å². The van der Waals surface area contributed by atoms with E-state index in [1.54, 1.807) is 12.1 Å². The molecule has 2 aromatic rings. The summed E-state index contributed by atoms with van der Waals surface area (Å²) in [5.41, 5.74) is -3.07. The maximum absolute atomic E-state index is 13.9. The van der Waals surface area contributed by atoms with E-state index < -0.39 is 46.6 Å².